The number of benzene rings is 1. The number of anilines is 1. The Morgan fingerprint density at radius 1 is 1.11 bits per heavy atom. The smallest absolute Gasteiger partial charge is 0.0700 e. The van der Waals surface area contributed by atoms with Gasteiger partial charge in [-0.2, -0.15) is 0 Å². The van der Waals surface area contributed by atoms with Crippen LogP contribution in [0.3, 0.4) is 0 Å². The van der Waals surface area contributed by atoms with Gasteiger partial charge >= 0.3 is 0 Å². The van der Waals surface area contributed by atoms with E-state index < -0.39 is 0 Å². The van der Waals surface area contributed by atoms with Gasteiger partial charge in [0.1, 0.15) is 0 Å². The van der Waals surface area contributed by atoms with Crippen molar-refractivity contribution in [3.63, 3.8) is 0 Å². The zero-order chi connectivity index (χ0) is 12.6. The van der Waals surface area contributed by atoms with Crippen LogP contribution in [0.1, 0.15) is 24.0 Å². The molecule has 0 saturated heterocycles. The second-order valence-electron chi connectivity index (χ2n) is 4.72. The number of rotatable bonds is 8. The van der Waals surface area contributed by atoms with E-state index >= 15 is 0 Å². The van der Waals surface area contributed by atoms with Gasteiger partial charge in [0.2, 0.25) is 0 Å². The summed E-state index contributed by atoms with van der Waals surface area (Å²) in [5, 5.41) is 3.45. The van der Waals surface area contributed by atoms with Gasteiger partial charge in [-0.1, -0.05) is 6.07 Å². The van der Waals surface area contributed by atoms with E-state index in [0.717, 1.165) is 19.6 Å². The molecule has 3 nitrogen and oxygen atoms in total. The van der Waals surface area contributed by atoms with Crippen molar-refractivity contribution in [1.82, 2.24) is 0 Å². The second-order valence-corrected chi connectivity index (χ2v) is 4.72. The Balaban J connectivity index is 1.62. The van der Waals surface area contributed by atoms with Crippen molar-refractivity contribution in [2.24, 2.45) is 0 Å². The lowest BCUT2D eigenvalue weighted by atomic mass is 10.1. The summed E-state index contributed by atoms with van der Waals surface area (Å²) >= 11 is 0. The lowest BCUT2D eigenvalue weighted by molar-refractivity contribution is 0.0705. The fourth-order valence-corrected chi connectivity index (χ4v) is 2.33. The molecule has 1 N–H and O–H groups in total. The van der Waals surface area contributed by atoms with Gasteiger partial charge in [0, 0.05) is 25.9 Å². The molecule has 100 valence electrons. The molecule has 0 amide bonds. The quantitative estimate of drug-likeness (QED) is 0.718. The largest absolute Gasteiger partial charge is 0.385 e. The Kier molecular flexibility index (Phi) is 5.49. The van der Waals surface area contributed by atoms with E-state index in [4.69, 9.17) is 9.47 Å². The molecule has 0 aromatic heterocycles. The van der Waals surface area contributed by atoms with Crippen LogP contribution in [0.25, 0.3) is 0 Å². The van der Waals surface area contributed by atoms with Crippen molar-refractivity contribution >= 4 is 5.69 Å². The minimum Gasteiger partial charge on any atom is -0.385 e. The Morgan fingerprint density at radius 2 is 2.00 bits per heavy atom. The maximum absolute atomic E-state index is 5.42. The number of hydrogen-bond acceptors (Lipinski definition) is 3. The van der Waals surface area contributed by atoms with Crippen LogP contribution in [-0.2, 0) is 22.3 Å². The lowest BCUT2D eigenvalue weighted by Gasteiger charge is -2.08. The van der Waals surface area contributed by atoms with Crippen LogP contribution >= 0.6 is 0 Å². The van der Waals surface area contributed by atoms with Crippen molar-refractivity contribution in [1.29, 1.82) is 0 Å². The number of fused-ring (bicyclic) bond motifs is 1. The first-order valence-corrected chi connectivity index (χ1v) is 6.82. The third-order valence-corrected chi connectivity index (χ3v) is 3.32. The van der Waals surface area contributed by atoms with Crippen LogP contribution in [0.4, 0.5) is 5.69 Å². The molecule has 0 unspecified atom stereocenters. The zero-order valence-corrected chi connectivity index (χ0v) is 11.2. The molecular formula is C15H23NO2. The van der Waals surface area contributed by atoms with Crippen LogP contribution < -0.4 is 5.32 Å². The molecule has 0 radical (unpaired) electrons. The summed E-state index contributed by atoms with van der Waals surface area (Å²) in [5.41, 5.74) is 4.30. The Labute approximate surface area is 109 Å². The molecule has 0 spiro atoms. The summed E-state index contributed by atoms with van der Waals surface area (Å²) in [6.45, 7) is 3.13. The molecule has 3 heteroatoms. The van der Waals surface area contributed by atoms with E-state index in [2.05, 4.69) is 23.5 Å². The van der Waals surface area contributed by atoms with Gasteiger partial charge in [-0.05, 0) is 48.9 Å². The highest BCUT2D eigenvalue weighted by molar-refractivity contribution is 5.50. The third-order valence-electron chi connectivity index (χ3n) is 3.32. The first-order chi connectivity index (χ1) is 8.90. The highest BCUT2D eigenvalue weighted by Crippen LogP contribution is 2.24. The average Bonchev–Trinajstić information content (AvgIpc) is 2.85. The topological polar surface area (TPSA) is 30.5 Å². The number of methoxy groups -OCH3 is 1. The van der Waals surface area contributed by atoms with Crippen molar-refractivity contribution in [2.75, 3.05) is 38.8 Å². The van der Waals surface area contributed by atoms with E-state index in [9.17, 15) is 0 Å². The van der Waals surface area contributed by atoms with Gasteiger partial charge < -0.3 is 14.8 Å². The van der Waals surface area contributed by atoms with Crippen LogP contribution in [-0.4, -0.2) is 33.5 Å². The van der Waals surface area contributed by atoms with Gasteiger partial charge in [-0.3, -0.25) is 0 Å². The van der Waals surface area contributed by atoms with Gasteiger partial charge in [-0.25, -0.2) is 0 Å². The molecular weight excluding hydrogens is 226 g/mol. The summed E-state index contributed by atoms with van der Waals surface area (Å²) in [4.78, 5) is 0. The molecule has 1 aromatic carbocycles. The maximum Gasteiger partial charge on any atom is 0.0700 e. The minimum absolute atomic E-state index is 0.679. The predicted molar refractivity (Wildman–Crippen MR) is 74.3 cm³/mol. The van der Waals surface area contributed by atoms with E-state index in [0.29, 0.717) is 13.2 Å². The molecule has 1 aliphatic rings. The maximum atomic E-state index is 5.42. The molecule has 0 fully saturated rings. The molecule has 0 aliphatic heterocycles. The van der Waals surface area contributed by atoms with E-state index in [-0.39, 0.29) is 0 Å². The van der Waals surface area contributed by atoms with Crippen molar-refractivity contribution in [3.05, 3.63) is 29.3 Å². The van der Waals surface area contributed by atoms with Gasteiger partial charge in [-0.15, -0.1) is 0 Å². The molecule has 0 saturated carbocycles. The fraction of sp³-hybridized carbons (Fsp3) is 0.600. The zero-order valence-electron chi connectivity index (χ0n) is 11.2. The Bertz CT molecular complexity index is 366. The second kappa shape index (κ2) is 7.39. The third kappa shape index (κ3) is 4.00. The first kappa shape index (κ1) is 13.4. The van der Waals surface area contributed by atoms with Crippen LogP contribution in [0.5, 0.6) is 0 Å². The average molecular weight is 249 g/mol. The van der Waals surface area contributed by atoms with Gasteiger partial charge in [0.05, 0.1) is 13.2 Å². The van der Waals surface area contributed by atoms with Gasteiger partial charge in [0.15, 0.2) is 0 Å². The number of nitrogens with one attached hydrogen (secondary N) is 1. The van der Waals surface area contributed by atoms with Crippen molar-refractivity contribution in [3.8, 4) is 0 Å². The molecule has 0 atom stereocenters. The molecule has 0 bridgehead atoms. The Hall–Kier alpha value is -1.06. The summed E-state index contributed by atoms with van der Waals surface area (Å²) in [5.74, 6) is 0. The first-order valence-electron chi connectivity index (χ1n) is 6.82. The van der Waals surface area contributed by atoms with Crippen molar-refractivity contribution < 1.29 is 9.47 Å². The summed E-state index contributed by atoms with van der Waals surface area (Å²) in [7, 11) is 1.69. The molecule has 0 heterocycles. The van der Waals surface area contributed by atoms with Crippen molar-refractivity contribution in [2.45, 2.75) is 25.7 Å². The fourth-order valence-electron chi connectivity index (χ4n) is 2.33. The van der Waals surface area contributed by atoms with E-state index in [1.165, 1.54) is 36.1 Å². The summed E-state index contributed by atoms with van der Waals surface area (Å²) in [6.07, 6.45) is 4.83. The molecule has 18 heavy (non-hydrogen) atoms. The minimum atomic E-state index is 0.679. The molecule has 1 aliphatic carbocycles. The monoisotopic (exact) mass is 249 g/mol. The highest BCUT2D eigenvalue weighted by atomic mass is 16.5. The molecule has 1 aromatic rings. The van der Waals surface area contributed by atoms with E-state index in [1.54, 1.807) is 7.11 Å². The molecule has 2 rings (SSSR count). The number of hydrogen-bond donors (Lipinski definition) is 1. The number of ether oxygens (including phenoxy) is 2. The van der Waals surface area contributed by atoms with Crippen LogP contribution in [0.15, 0.2) is 18.2 Å². The van der Waals surface area contributed by atoms with Crippen LogP contribution in [0, 0.1) is 0 Å². The standard InChI is InChI=1S/C15H23NO2/c1-17-10-11-18-9-3-8-16-15-7-6-13-4-2-5-14(13)12-15/h6-7,12,16H,2-5,8-11H2,1H3. The lowest BCUT2D eigenvalue weighted by Crippen LogP contribution is -2.08. The van der Waals surface area contributed by atoms with Gasteiger partial charge in [0.25, 0.3) is 0 Å². The highest BCUT2D eigenvalue weighted by Gasteiger charge is 2.10. The summed E-state index contributed by atoms with van der Waals surface area (Å²) in [6, 6.07) is 6.75. The Morgan fingerprint density at radius 3 is 2.89 bits per heavy atom. The predicted octanol–water partition coefficient (Wildman–Crippen LogP) is 2.64. The van der Waals surface area contributed by atoms with Crippen LogP contribution in [0.2, 0.25) is 0 Å². The number of aryl methyl sites for hydroxylation is 2. The normalized spacial score (nSPS) is 13.6. The summed E-state index contributed by atoms with van der Waals surface area (Å²) < 4.78 is 10.3. The SMILES string of the molecule is COCCOCCCNc1ccc2c(c1)CCC2. The van der Waals surface area contributed by atoms with E-state index in [1.807, 2.05) is 0 Å².